The molecule has 0 bridgehead atoms. The number of alkyl halides is 2. The zero-order valence-electron chi connectivity index (χ0n) is 13.0. The maximum atomic E-state index is 6.14. The third-order valence-electron chi connectivity index (χ3n) is 3.97. The van der Waals surface area contributed by atoms with Crippen molar-refractivity contribution in [3.05, 3.63) is 21.2 Å². The third-order valence-corrected chi connectivity index (χ3v) is 5.27. The molecule has 1 aliphatic rings. The Morgan fingerprint density at radius 2 is 1.71 bits per heavy atom. The van der Waals surface area contributed by atoms with Crippen LogP contribution in [0, 0.1) is 13.8 Å². The zero-order valence-corrected chi connectivity index (χ0v) is 16.1. The first-order valence-corrected chi connectivity index (χ1v) is 9.06. The topological polar surface area (TPSA) is 12.5 Å². The lowest BCUT2D eigenvalue weighted by Gasteiger charge is -2.28. The highest BCUT2D eigenvalue weighted by Crippen LogP contribution is 2.47. The van der Waals surface area contributed by atoms with E-state index in [1.807, 2.05) is 0 Å². The molecule has 1 aromatic rings. The normalized spacial score (nSPS) is 15.8. The van der Waals surface area contributed by atoms with Gasteiger partial charge in [0.05, 0.1) is 5.69 Å². The summed E-state index contributed by atoms with van der Waals surface area (Å²) in [5.74, 6) is 2.20. The van der Waals surface area contributed by atoms with Crippen LogP contribution in [0.4, 0.5) is 5.69 Å². The van der Waals surface area contributed by atoms with Crippen molar-refractivity contribution in [3.8, 4) is 5.75 Å². The summed E-state index contributed by atoms with van der Waals surface area (Å²) in [4.78, 5) is 2.26. The molecule has 0 atom stereocenters. The Labute approximate surface area is 145 Å². The lowest BCUT2D eigenvalue weighted by Crippen LogP contribution is -2.29. The number of fused-ring (bicyclic) bond motifs is 1. The summed E-state index contributed by atoms with van der Waals surface area (Å²) >= 11 is 15.7. The molecule has 0 saturated carbocycles. The summed E-state index contributed by atoms with van der Waals surface area (Å²) < 4.78 is 7.23. The smallest absolute Gasteiger partial charge is 0.127 e. The van der Waals surface area contributed by atoms with E-state index < -0.39 is 0 Å². The van der Waals surface area contributed by atoms with E-state index in [0.717, 1.165) is 35.3 Å². The van der Waals surface area contributed by atoms with E-state index in [1.54, 1.807) is 0 Å². The first kappa shape index (κ1) is 17.2. The number of ether oxygens (including phenoxy) is 1. The molecule has 2 rings (SSSR count). The summed E-state index contributed by atoms with van der Waals surface area (Å²) in [5, 5.41) is 0. The number of nitrogens with zero attached hydrogens (tertiary/aromatic N) is 1. The molecule has 5 heteroatoms. The second-order valence-electron chi connectivity index (χ2n) is 6.12. The molecule has 1 heterocycles. The molecular weight excluding hydrogens is 373 g/mol. The highest BCUT2D eigenvalue weighted by Gasteiger charge is 2.35. The molecule has 21 heavy (non-hydrogen) atoms. The minimum atomic E-state index is -0.139. The maximum absolute atomic E-state index is 6.14. The molecule has 0 aromatic heterocycles. The van der Waals surface area contributed by atoms with Crippen molar-refractivity contribution in [2.24, 2.45) is 0 Å². The van der Waals surface area contributed by atoms with Gasteiger partial charge in [-0.3, -0.25) is 0 Å². The lowest BCUT2D eigenvalue weighted by atomic mass is 9.95. The molecule has 1 aliphatic heterocycles. The SMILES string of the molecule is Cc1c(Br)c(N(CCCl)CCCl)c(C)c2c1OC(C)(C)C2. The van der Waals surface area contributed by atoms with Crippen LogP contribution in [0.2, 0.25) is 0 Å². The molecular formula is C16H22BrCl2NO. The second-order valence-corrected chi connectivity index (χ2v) is 7.67. The number of rotatable bonds is 5. The van der Waals surface area contributed by atoms with Gasteiger partial charge in [0, 0.05) is 46.9 Å². The van der Waals surface area contributed by atoms with Crippen LogP contribution in [0.3, 0.4) is 0 Å². The van der Waals surface area contributed by atoms with Crippen molar-refractivity contribution in [3.63, 3.8) is 0 Å². The Morgan fingerprint density at radius 1 is 1.14 bits per heavy atom. The number of benzene rings is 1. The molecule has 1 aromatic carbocycles. The van der Waals surface area contributed by atoms with Crippen LogP contribution < -0.4 is 9.64 Å². The van der Waals surface area contributed by atoms with Gasteiger partial charge >= 0.3 is 0 Å². The summed E-state index contributed by atoms with van der Waals surface area (Å²) in [6.07, 6.45) is 0.935. The van der Waals surface area contributed by atoms with Gasteiger partial charge in [0.15, 0.2) is 0 Å². The number of halogens is 3. The number of anilines is 1. The number of hydrogen-bond donors (Lipinski definition) is 0. The lowest BCUT2D eigenvalue weighted by molar-refractivity contribution is 0.137. The van der Waals surface area contributed by atoms with E-state index in [2.05, 4.69) is 48.5 Å². The Bertz CT molecular complexity index is 540. The Kier molecular flexibility index (Phi) is 5.38. The predicted octanol–water partition coefficient (Wildman–Crippen LogP) is 5.06. The van der Waals surface area contributed by atoms with Gasteiger partial charge in [0.1, 0.15) is 11.4 Å². The van der Waals surface area contributed by atoms with E-state index in [0.29, 0.717) is 11.8 Å². The summed E-state index contributed by atoms with van der Waals surface area (Å²) in [6, 6.07) is 0. The van der Waals surface area contributed by atoms with Gasteiger partial charge < -0.3 is 9.64 Å². The fraction of sp³-hybridized carbons (Fsp3) is 0.625. The molecule has 0 fully saturated rings. The van der Waals surface area contributed by atoms with Crippen LogP contribution in [0.15, 0.2) is 4.47 Å². The molecule has 0 saturated heterocycles. The van der Waals surface area contributed by atoms with Crippen molar-refractivity contribution in [2.75, 3.05) is 29.7 Å². The van der Waals surface area contributed by atoms with Crippen LogP contribution >= 0.6 is 39.1 Å². The van der Waals surface area contributed by atoms with Crippen LogP contribution in [0.25, 0.3) is 0 Å². The third kappa shape index (κ3) is 3.30. The van der Waals surface area contributed by atoms with Gasteiger partial charge in [0.2, 0.25) is 0 Å². The monoisotopic (exact) mass is 393 g/mol. The van der Waals surface area contributed by atoms with Crippen molar-refractivity contribution < 1.29 is 4.74 Å². The minimum absolute atomic E-state index is 0.139. The molecule has 118 valence electrons. The van der Waals surface area contributed by atoms with Crippen LogP contribution in [-0.4, -0.2) is 30.5 Å². The van der Waals surface area contributed by atoms with Crippen molar-refractivity contribution in [1.29, 1.82) is 0 Å². The molecule has 0 unspecified atom stereocenters. The van der Waals surface area contributed by atoms with Gasteiger partial charge in [-0.1, -0.05) is 0 Å². The summed E-state index contributed by atoms with van der Waals surface area (Å²) in [6.45, 7) is 10.1. The van der Waals surface area contributed by atoms with E-state index >= 15 is 0 Å². The predicted molar refractivity (Wildman–Crippen MR) is 95.7 cm³/mol. The van der Waals surface area contributed by atoms with Gasteiger partial charge in [-0.05, 0) is 49.2 Å². The quantitative estimate of drug-likeness (QED) is 0.646. The molecule has 0 amide bonds. The van der Waals surface area contributed by atoms with E-state index in [-0.39, 0.29) is 5.60 Å². The van der Waals surface area contributed by atoms with Crippen molar-refractivity contribution in [1.82, 2.24) is 0 Å². The number of hydrogen-bond acceptors (Lipinski definition) is 2. The Hall–Kier alpha value is -0.120. The van der Waals surface area contributed by atoms with Gasteiger partial charge in [-0.15, -0.1) is 23.2 Å². The molecule has 0 aliphatic carbocycles. The van der Waals surface area contributed by atoms with E-state index in [9.17, 15) is 0 Å². The first-order chi connectivity index (χ1) is 9.82. The fourth-order valence-corrected chi connectivity index (χ4v) is 4.12. The summed E-state index contributed by atoms with van der Waals surface area (Å²) in [7, 11) is 0. The zero-order chi connectivity index (χ0) is 15.8. The molecule has 0 spiro atoms. The van der Waals surface area contributed by atoms with E-state index in [1.165, 1.54) is 16.8 Å². The maximum Gasteiger partial charge on any atom is 0.127 e. The highest BCUT2D eigenvalue weighted by molar-refractivity contribution is 9.10. The van der Waals surface area contributed by atoms with Crippen LogP contribution in [0.1, 0.15) is 30.5 Å². The second kappa shape index (κ2) is 6.55. The largest absolute Gasteiger partial charge is 0.487 e. The van der Waals surface area contributed by atoms with Crippen molar-refractivity contribution in [2.45, 2.75) is 39.7 Å². The minimum Gasteiger partial charge on any atom is -0.487 e. The fourth-order valence-electron chi connectivity index (χ4n) is 2.99. The summed E-state index contributed by atoms with van der Waals surface area (Å²) in [5.41, 5.74) is 4.80. The standard InChI is InChI=1S/C16H22BrCl2NO/c1-10-12-9-16(3,4)21-15(12)11(2)13(17)14(10)20(7-5-18)8-6-19/h5-9H2,1-4H3. The van der Waals surface area contributed by atoms with Crippen LogP contribution in [0.5, 0.6) is 5.75 Å². The van der Waals surface area contributed by atoms with Crippen molar-refractivity contribution >= 4 is 44.8 Å². The van der Waals surface area contributed by atoms with Gasteiger partial charge in [0.25, 0.3) is 0 Å². The van der Waals surface area contributed by atoms with Gasteiger partial charge in [-0.25, -0.2) is 0 Å². The Balaban J connectivity index is 2.56. The average Bonchev–Trinajstić information content (AvgIpc) is 2.73. The van der Waals surface area contributed by atoms with E-state index in [4.69, 9.17) is 27.9 Å². The molecule has 0 N–H and O–H groups in total. The first-order valence-electron chi connectivity index (χ1n) is 7.19. The average molecular weight is 395 g/mol. The molecule has 0 radical (unpaired) electrons. The van der Waals surface area contributed by atoms with Crippen LogP contribution in [-0.2, 0) is 6.42 Å². The molecule has 2 nitrogen and oxygen atoms in total. The Morgan fingerprint density at radius 3 is 2.24 bits per heavy atom. The van der Waals surface area contributed by atoms with Gasteiger partial charge in [-0.2, -0.15) is 0 Å². The highest BCUT2D eigenvalue weighted by atomic mass is 79.9.